The first-order valence-electron chi connectivity index (χ1n) is 7.41. The van der Waals surface area contributed by atoms with Gasteiger partial charge in [-0.15, -0.1) is 5.10 Å². The molecule has 1 amide bonds. The summed E-state index contributed by atoms with van der Waals surface area (Å²) < 4.78 is 1.49. The molecule has 1 N–H and O–H groups in total. The van der Waals surface area contributed by atoms with E-state index in [0.717, 1.165) is 11.3 Å². The number of hydrogen-bond acceptors (Lipinski definition) is 6. The number of hydrogen-bond donors (Lipinski definition) is 1. The van der Waals surface area contributed by atoms with E-state index in [1.54, 1.807) is 30.3 Å². The normalized spacial score (nSPS) is 10.4. The number of nitrogens with zero attached hydrogens (tertiary/aromatic N) is 5. The average molecular weight is 338 g/mol. The number of nitrogens with one attached hydrogen (secondary N) is 1. The van der Waals surface area contributed by atoms with Crippen molar-refractivity contribution >= 4 is 17.3 Å². The fourth-order valence-electron chi connectivity index (χ4n) is 2.48. The van der Waals surface area contributed by atoms with Crippen molar-refractivity contribution in [1.82, 2.24) is 20.2 Å². The van der Waals surface area contributed by atoms with Crippen LogP contribution >= 0.6 is 0 Å². The second-order valence-corrected chi connectivity index (χ2v) is 5.31. The minimum absolute atomic E-state index is 0.0724. The first-order valence-corrected chi connectivity index (χ1v) is 7.41. The molecule has 0 spiro atoms. The minimum atomic E-state index is -0.494. The monoisotopic (exact) mass is 338 g/mol. The molecule has 2 aromatic carbocycles. The molecule has 9 heteroatoms. The number of carbonyl (C=O) groups excluding carboxylic acids is 1. The molecule has 0 aliphatic rings. The van der Waals surface area contributed by atoms with Crippen LogP contribution in [0.15, 0.2) is 48.8 Å². The fraction of sp³-hybridized carbons (Fsp3) is 0.125. The maximum Gasteiger partial charge on any atom is 0.273 e. The van der Waals surface area contributed by atoms with Gasteiger partial charge in [-0.2, -0.15) is 0 Å². The van der Waals surface area contributed by atoms with E-state index in [9.17, 15) is 14.9 Å². The molecule has 0 atom stereocenters. The van der Waals surface area contributed by atoms with Gasteiger partial charge in [0.1, 0.15) is 6.33 Å². The molecule has 0 bridgehead atoms. The van der Waals surface area contributed by atoms with Crippen LogP contribution in [0, 0.1) is 17.0 Å². The minimum Gasteiger partial charge on any atom is -0.325 e. The predicted octanol–water partition coefficient (Wildman–Crippen LogP) is 2.06. The Balaban J connectivity index is 1.81. The Morgan fingerprint density at radius 3 is 2.76 bits per heavy atom. The number of benzene rings is 2. The highest BCUT2D eigenvalue weighted by Crippen LogP contribution is 2.23. The van der Waals surface area contributed by atoms with E-state index < -0.39 is 4.92 Å². The van der Waals surface area contributed by atoms with Gasteiger partial charge in [-0.3, -0.25) is 14.9 Å². The lowest BCUT2D eigenvalue weighted by Gasteiger charge is -2.12. The third-order valence-corrected chi connectivity index (χ3v) is 3.71. The third kappa shape index (κ3) is 3.50. The number of nitro groups is 1. The summed E-state index contributed by atoms with van der Waals surface area (Å²) >= 11 is 0. The van der Waals surface area contributed by atoms with Crippen LogP contribution < -0.4 is 5.32 Å². The quantitative estimate of drug-likeness (QED) is 0.562. The Bertz CT molecular complexity index is 923. The topological polar surface area (TPSA) is 116 Å². The van der Waals surface area contributed by atoms with Crippen LogP contribution in [0.3, 0.4) is 0 Å². The van der Waals surface area contributed by atoms with E-state index in [1.165, 1.54) is 17.1 Å². The van der Waals surface area contributed by atoms with Crippen molar-refractivity contribution in [1.29, 1.82) is 0 Å². The van der Waals surface area contributed by atoms with Crippen LogP contribution in [-0.4, -0.2) is 31.0 Å². The van der Waals surface area contributed by atoms with Gasteiger partial charge < -0.3 is 5.32 Å². The molecule has 1 aromatic heterocycles. The molecule has 0 saturated heterocycles. The molecule has 126 valence electrons. The second-order valence-electron chi connectivity index (χ2n) is 5.31. The highest BCUT2D eigenvalue weighted by atomic mass is 16.6. The number of nitro benzene ring substituents is 1. The molecule has 0 saturated carbocycles. The van der Waals surface area contributed by atoms with Crippen molar-refractivity contribution in [2.75, 3.05) is 5.32 Å². The van der Waals surface area contributed by atoms with E-state index in [2.05, 4.69) is 20.8 Å². The van der Waals surface area contributed by atoms with Crippen LogP contribution in [0.4, 0.5) is 11.4 Å². The van der Waals surface area contributed by atoms with Crippen LogP contribution in [0.25, 0.3) is 5.69 Å². The molecule has 0 unspecified atom stereocenters. The van der Waals surface area contributed by atoms with Crippen molar-refractivity contribution < 1.29 is 9.72 Å². The van der Waals surface area contributed by atoms with E-state index >= 15 is 0 Å². The number of rotatable bonds is 5. The summed E-state index contributed by atoms with van der Waals surface area (Å²) in [6.07, 6.45) is 1.37. The maximum atomic E-state index is 12.3. The average Bonchev–Trinajstić information content (AvgIpc) is 3.11. The SMILES string of the molecule is Cc1c(NC(=O)Cc2ccccc2[N+](=O)[O-])cccc1-n1cnnn1. The molecule has 9 nitrogen and oxygen atoms in total. The van der Waals surface area contributed by atoms with E-state index in [4.69, 9.17) is 0 Å². The lowest BCUT2D eigenvalue weighted by atomic mass is 10.1. The molecule has 1 heterocycles. The lowest BCUT2D eigenvalue weighted by Crippen LogP contribution is -2.16. The van der Waals surface area contributed by atoms with Gasteiger partial charge in [0.05, 0.1) is 17.0 Å². The van der Waals surface area contributed by atoms with E-state index in [-0.39, 0.29) is 18.0 Å². The molecule has 0 fully saturated rings. The second kappa shape index (κ2) is 6.87. The fourth-order valence-corrected chi connectivity index (χ4v) is 2.48. The largest absolute Gasteiger partial charge is 0.325 e. The Morgan fingerprint density at radius 2 is 2.04 bits per heavy atom. The first-order chi connectivity index (χ1) is 12.1. The van der Waals surface area contributed by atoms with Gasteiger partial charge in [0, 0.05) is 17.3 Å². The smallest absolute Gasteiger partial charge is 0.273 e. The lowest BCUT2D eigenvalue weighted by molar-refractivity contribution is -0.385. The zero-order valence-corrected chi connectivity index (χ0v) is 13.3. The molecule has 0 aliphatic carbocycles. The Labute approximate surface area is 142 Å². The van der Waals surface area contributed by atoms with Crippen molar-refractivity contribution in [3.63, 3.8) is 0 Å². The Kier molecular flexibility index (Phi) is 4.46. The number of carbonyl (C=O) groups is 1. The number of anilines is 1. The summed E-state index contributed by atoms with van der Waals surface area (Å²) in [7, 11) is 0. The third-order valence-electron chi connectivity index (χ3n) is 3.71. The summed E-state index contributed by atoms with van der Waals surface area (Å²) in [5, 5.41) is 24.8. The maximum absolute atomic E-state index is 12.3. The number of aromatic nitrogens is 4. The Hall–Kier alpha value is -3.62. The molecular weight excluding hydrogens is 324 g/mol. The number of para-hydroxylation sites is 1. The summed E-state index contributed by atoms with van der Waals surface area (Å²) in [4.78, 5) is 22.9. The van der Waals surface area contributed by atoms with E-state index in [0.29, 0.717) is 11.3 Å². The van der Waals surface area contributed by atoms with Crippen LogP contribution in [0.5, 0.6) is 0 Å². The van der Waals surface area contributed by atoms with Gasteiger partial charge in [-0.1, -0.05) is 24.3 Å². The molecule has 0 aliphatic heterocycles. The Morgan fingerprint density at radius 1 is 1.24 bits per heavy atom. The number of tetrazole rings is 1. The predicted molar refractivity (Wildman–Crippen MR) is 89.3 cm³/mol. The van der Waals surface area contributed by atoms with Gasteiger partial charge in [-0.25, -0.2) is 4.68 Å². The molecule has 0 radical (unpaired) electrons. The highest BCUT2D eigenvalue weighted by Gasteiger charge is 2.16. The van der Waals surface area contributed by atoms with Gasteiger partial charge in [0.2, 0.25) is 5.91 Å². The van der Waals surface area contributed by atoms with Crippen LogP contribution in [0.2, 0.25) is 0 Å². The van der Waals surface area contributed by atoms with Crippen molar-refractivity contribution in [2.45, 2.75) is 13.3 Å². The van der Waals surface area contributed by atoms with Crippen LogP contribution in [-0.2, 0) is 11.2 Å². The van der Waals surface area contributed by atoms with Gasteiger partial charge in [0.15, 0.2) is 0 Å². The van der Waals surface area contributed by atoms with Crippen molar-refractivity contribution in [3.05, 3.63) is 70.0 Å². The van der Waals surface area contributed by atoms with E-state index in [1.807, 2.05) is 13.0 Å². The highest BCUT2D eigenvalue weighted by molar-refractivity contribution is 5.94. The summed E-state index contributed by atoms with van der Waals surface area (Å²) in [5.41, 5.74) is 2.40. The van der Waals surface area contributed by atoms with Gasteiger partial charge in [0.25, 0.3) is 5.69 Å². The molecule has 25 heavy (non-hydrogen) atoms. The molecular formula is C16H14N6O3. The summed E-state index contributed by atoms with van der Waals surface area (Å²) in [6, 6.07) is 11.5. The van der Waals surface area contributed by atoms with Crippen molar-refractivity contribution in [3.8, 4) is 5.69 Å². The summed E-state index contributed by atoms with van der Waals surface area (Å²) in [6.45, 7) is 1.83. The number of amides is 1. The molecule has 3 aromatic rings. The van der Waals surface area contributed by atoms with Crippen LogP contribution in [0.1, 0.15) is 11.1 Å². The standard InChI is InChI=1S/C16H14N6O3/c1-11-13(6-4-8-14(11)21-10-17-19-20-21)18-16(23)9-12-5-2-3-7-15(12)22(24)25/h2-8,10H,9H2,1H3,(H,18,23). The zero-order valence-electron chi connectivity index (χ0n) is 13.3. The zero-order chi connectivity index (χ0) is 17.8. The van der Waals surface area contributed by atoms with Gasteiger partial charge in [-0.05, 0) is 35.0 Å². The molecule has 3 rings (SSSR count). The van der Waals surface area contributed by atoms with Gasteiger partial charge >= 0.3 is 0 Å². The van der Waals surface area contributed by atoms with Crippen molar-refractivity contribution in [2.24, 2.45) is 0 Å². The first kappa shape index (κ1) is 16.2. The summed E-state index contributed by atoms with van der Waals surface area (Å²) in [5.74, 6) is -0.341.